The third-order valence-corrected chi connectivity index (χ3v) is 2.71. The average Bonchev–Trinajstić information content (AvgIpc) is 3.13. The number of nitrogens with zero attached hydrogens (tertiary/aromatic N) is 2. The van der Waals surface area contributed by atoms with Gasteiger partial charge in [0.2, 0.25) is 5.76 Å². The molecular formula is C13H14N2O5. The summed E-state index contributed by atoms with van der Waals surface area (Å²) in [5.41, 5.74) is 0.113. The summed E-state index contributed by atoms with van der Waals surface area (Å²) in [6.07, 6.45) is 1.49. The van der Waals surface area contributed by atoms with Crippen LogP contribution in [0.4, 0.5) is 0 Å². The topological polar surface area (TPSA) is 85.8 Å². The van der Waals surface area contributed by atoms with Crippen LogP contribution in [0.25, 0.3) is 11.5 Å². The lowest BCUT2D eigenvalue weighted by Gasteiger charge is -2.17. The lowest BCUT2D eigenvalue weighted by Crippen LogP contribution is -2.36. The molecule has 0 unspecified atom stereocenters. The number of esters is 1. The first-order valence-electron chi connectivity index (χ1n) is 6.02. The Balaban J connectivity index is 2.14. The largest absolute Gasteiger partial charge is 0.468 e. The predicted molar refractivity (Wildman–Crippen MR) is 67.8 cm³/mol. The minimum absolute atomic E-state index is 0.113. The summed E-state index contributed by atoms with van der Waals surface area (Å²) >= 11 is 0. The van der Waals surface area contributed by atoms with Crippen LogP contribution in [0.5, 0.6) is 0 Å². The highest BCUT2D eigenvalue weighted by Gasteiger charge is 2.22. The van der Waals surface area contributed by atoms with E-state index in [1.54, 1.807) is 19.1 Å². The fourth-order valence-electron chi connectivity index (χ4n) is 1.62. The highest BCUT2D eigenvalue weighted by molar-refractivity contribution is 5.94. The predicted octanol–water partition coefficient (Wildman–Crippen LogP) is 1.57. The van der Waals surface area contributed by atoms with E-state index in [1.165, 1.54) is 24.3 Å². The fraction of sp³-hybridized carbons (Fsp3) is 0.308. The van der Waals surface area contributed by atoms with Crippen molar-refractivity contribution in [3.63, 3.8) is 0 Å². The molecule has 106 valence electrons. The smallest absolute Gasteiger partial charge is 0.325 e. The molecule has 0 aromatic carbocycles. The molecule has 2 heterocycles. The van der Waals surface area contributed by atoms with Gasteiger partial charge in [-0.25, -0.2) is 0 Å². The molecule has 0 fully saturated rings. The Hall–Kier alpha value is -2.57. The number of methoxy groups -OCH3 is 1. The van der Waals surface area contributed by atoms with Crippen molar-refractivity contribution < 1.29 is 23.3 Å². The summed E-state index contributed by atoms with van der Waals surface area (Å²) in [4.78, 5) is 24.7. The van der Waals surface area contributed by atoms with E-state index in [9.17, 15) is 9.59 Å². The van der Waals surface area contributed by atoms with Crippen LogP contribution in [-0.2, 0) is 9.53 Å². The summed E-state index contributed by atoms with van der Waals surface area (Å²) < 4.78 is 14.7. The molecule has 0 saturated heterocycles. The number of likely N-dealkylation sites (N-methyl/N-ethyl adjacent to an activating group) is 1. The second kappa shape index (κ2) is 6.05. The molecule has 0 radical (unpaired) electrons. The number of furan rings is 1. The van der Waals surface area contributed by atoms with Crippen molar-refractivity contribution >= 4 is 11.9 Å². The number of hydrogen-bond donors (Lipinski definition) is 0. The number of ether oxygens (including phenoxy) is 1. The van der Waals surface area contributed by atoms with Crippen molar-refractivity contribution in [3.05, 3.63) is 30.2 Å². The summed E-state index contributed by atoms with van der Waals surface area (Å²) in [6.45, 7) is 1.99. The maximum absolute atomic E-state index is 12.2. The van der Waals surface area contributed by atoms with Crippen LogP contribution >= 0.6 is 0 Å². The van der Waals surface area contributed by atoms with Gasteiger partial charge in [0.05, 0.1) is 13.4 Å². The molecule has 0 spiro atoms. The lowest BCUT2D eigenvalue weighted by molar-refractivity contribution is -0.141. The molecular weight excluding hydrogens is 264 g/mol. The first-order chi connectivity index (χ1) is 9.65. The van der Waals surface area contributed by atoms with Crippen LogP contribution < -0.4 is 0 Å². The molecule has 0 aliphatic rings. The van der Waals surface area contributed by atoms with Gasteiger partial charge in [0.25, 0.3) is 5.91 Å². The normalized spacial score (nSPS) is 10.3. The lowest BCUT2D eigenvalue weighted by atomic mass is 10.3. The fourth-order valence-corrected chi connectivity index (χ4v) is 1.62. The number of hydrogen-bond acceptors (Lipinski definition) is 6. The van der Waals surface area contributed by atoms with Crippen molar-refractivity contribution in [2.45, 2.75) is 6.92 Å². The summed E-state index contributed by atoms with van der Waals surface area (Å²) in [7, 11) is 1.27. The Morgan fingerprint density at radius 3 is 2.80 bits per heavy atom. The second-order valence-corrected chi connectivity index (χ2v) is 3.95. The highest BCUT2D eigenvalue weighted by Crippen LogP contribution is 2.21. The summed E-state index contributed by atoms with van der Waals surface area (Å²) in [6, 6.07) is 4.87. The number of aromatic nitrogens is 1. The van der Waals surface area contributed by atoms with E-state index in [4.69, 9.17) is 8.94 Å². The van der Waals surface area contributed by atoms with Gasteiger partial charge in [0.1, 0.15) is 6.54 Å². The van der Waals surface area contributed by atoms with Gasteiger partial charge >= 0.3 is 5.97 Å². The number of rotatable bonds is 5. The minimum atomic E-state index is -0.491. The third kappa shape index (κ3) is 2.87. The van der Waals surface area contributed by atoms with E-state index in [2.05, 4.69) is 9.89 Å². The maximum atomic E-state index is 12.2. The van der Waals surface area contributed by atoms with Crippen LogP contribution in [0.15, 0.2) is 33.4 Å². The van der Waals surface area contributed by atoms with Gasteiger partial charge < -0.3 is 18.6 Å². The van der Waals surface area contributed by atoms with E-state index >= 15 is 0 Å². The van der Waals surface area contributed by atoms with Gasteiger partial charge in [-0.05, 0) is 19.1 Å². The van der Waals surface area contributed by atoms with Crippen LogP contribution in [0.3, 0.4) is 0 Å². The number of amides is 1. The average molecular weight is 278 g/mol. The second-order valence-electron chi connectivity index (χ2n) is 3.95. The molecule has 2 aromatic rings. The molecule has 2 rings (SSSR count). The summed E-state index contributed by atoms with van der Waals surface area (Å²) in [5.74, 6) is -0.0607. The zero-order chi connectivity index (χ0) is 14.5. The zero-order valence-electron chi connectivity index (χ0n) is 11.2. The first kappa shape index (κ1) is 13.9. The Labute approximate surface area is 115 Å². The Bertz CT molecular complexity index is 588. The van der Waals surface area contributed by atoms with Gasteiger partial charge in [-0.1, -0.05) is 5.16 Å². The van der Waals surface area contributed by atoms with E-state index < -0.39 is 11.9 Å². The van der Waals surface area contributed by atoms with Crippen LogP contribution in [0, 0.1) is 0 Å². The van der Waals surface area contributed by atoms with E-state index in [-0.39, 0.29) is 12.2 Å². The SMILES string of the molecule is CCN(CC(=O)OC)C(=O)c1cc(-c2ccco2)on1. The van der Waals surface area contributed by atoms with Crippen molar-refractivity contribution in [1.29, 1.82) is 0 Å². The molecule has 0 saturated carbocycles. The van der Waals surface area contributed by atoms with Crippen molar-refractivity contribution in [1.82, 2.24) is 10.1 Å². The van der Waals surface area contributed by atoms with Gasteiger partial charge in [-0.3, -0.25) is 9.59 Å². The minimum Gasteiger partial charge on any atom is -0.468 e. The number of carbonyl (C=O) groups is 2. The van der Waals surface area contributed by atoms with Gasteiger partial charge in [0.15, 0.2) is 11.5 Å². The van der Waals surface area contributed by atoms with E-state index in [0.29, 0.717) is 18.1 Å². The molecule has 0 aliphatic carbocycles. The molecule has 1 amide bonds. The zero-order valence-corrected chi connectivity index (χ0v) is 11.2. The molecule has 0 atom stereocenters. The quantitative estimate of drug-likeness (QED) is 0.772. The van der Waals surface area contributed by atoms with Crippen molar-refractivity contribution in [2.75, 3.05) is 20.2 Å². The molecule has 0 bridgehead atoms. The van der Waals surface area contributed by atoms with Crippen molar-refractivity contribution in [3.8, 4) is 11.5 Å². The summed E-state index contributed by atoms with van der Waals surface area (Å²) in [5, 5.41) is 3.70. The van der Waals surface area contributed by atoms with Crippen molar-refractivity contribution in [2.24, 2.45) is 0 Å². The van der Waals surface area contributed by atoms with Gasteiger partial charge in [0, 0.05) is 12.6 Å². The van der Waals surface area contributed by atoms with E-state index in [0.717, 1.165) is 0 Å². The Morgan fingerprint density at radius 1 is 1.40 bits per heavy atom. The Morgan fingerprint density at radius 2 is 2.20 bits per heavy atom. The first-order valence-corrected chi connectivity index (χ1v) is 6.02. The van der Waals surface area contributed by atoms with Crippen LogP contribution in [0.2, 0.25) is 0 Å². The van der Waals surface area contributed by atoms with Gasteiger partial charge in [-0.15, -0.1) is 0 Å². The van der Waals surface area contributed by atoms with Crippen LogP contribution in [0.1, 0.15) is 17.4 Å². The third-order valence-electron chi connectivity index (χ3n) is 2.71. The molecule has 7 nitrogen and oxygen atoms in total. The molecule has 7 heteroatoms. The molecule has 20 heavy (non-hydrogen) atoms. The molecule has 2 aromatic heterocycles. The molecule has 0 N–H and O–H groups in total. The van der Waals surface area contributed by atoms with Crippen LogP contribution in [-0.4, -0.2) is 42.1 Å². The molecule has 0 aliphatic heterocycles. The highest BCUT2D eigenvalue weighted by atomic mass is 16.5. The van der Waals surface area contributed by atoms with E-state index in [1.807, 2.05) is 0 Å². The Kier molecular flexibility index (Phi) is 4.19. The monoisotopic (exact) mass is 278 g/mol. The number of carbonyl (C=O) groups excluding carboxylic acids is 2. The maximum Gasteiger partial charge on any atom is 0.325 e. The van der Waals surface area contributed by atoms with Gasteiger partial charge in [-0.2, -0.15) is 0 Å². The standard InChI is InChI=1S/C13H14N2O5/c1-3-15(8-12(16)18-2)13(17)9-7-11(20-14-9)10-5-4-6-19-10/h4-7H,3,8H2,1-2H3.